The Morgan fingerprint density at radius 1 is 1.22 bits per heavy atom. The Morgan fingerprint density at radius 2 is 2.00 bits per heavy atom. The number of carbonyl (C=O) groups excluding carboxylic acids is 1. The minimum Gasteiger partial charge on any atom is -0.325 e. The quantitative estimate of drug-likeness (QED) is 0.838. The van der Waals surface area contributed by atoms with E-state index >= 15 is 0 Å². The van der Waals surface area contributed by atoms with Crippen LogP contribution in [0, 0.1) is 5.92 Å². The summed E-state index contributed by atoms with van der Waals surface area (Å²) < 4.78 is 0. The second kappa shape index (κ2) is 5.60. The number of carbonyl (C=O) groups is 1. The number of anilines is 1. The first-order chi connectivity index (χ1) is 11.1. The molecule has 1 spiro atoms. The highest BCUT2D eigenvalue weighted by molar-refractivity contribution is 6.06. The van der Waals surface area contributed by atoms with E-state index in [1.54, 1.807) is 0 Å². The molecule has 0 saturated carbocycles. The van der Waals surface area contributed by atoms with Gasteiger partial charge in [0.05, 0.1) is 5.41 Å². The number of rotatable bonds is 1. The van der Waals surface area contributed by atoms with Gasteiger partial charge in [0.2, 0.25) is 5.91 Å². The van der Waals surface area contributed by atoms with Crippen LogP contribution in [0.3, 0.4) is 0 Å². The summed E-state index contributed by atoms with van der Waals surface area (Å²) in [6.45, 7) is 5.39. The maximum atomic E-state index is 12.7. The van der Waals surface area contributed by atoms with Crippen LogP contribution in [0.4, 0.5) is 5.69 Å². The molecule has 2 unspecified atom stereocenters. The molecule has 0 radical (unpaired) electrons. The normalized spacial score (nSPS) is 30.3. The third-order valence-electron chi connectivity index (χ3n) is 6.15. The molecule has 23 heavy (non-hydrogen) atoms. The molecule has 3 aliphatic rings. The number of piperidine rings is 2. The van der Waals surface area contributed by atoms with Gasteiger partial charge in [-0.15, -0.1) is 0 Å². The summed E-state index contributed by atoms with van der Waals surface area (Å²) in [7, 11) is 2.14. The van der Waals surface area contributed by atoms with Crippen molar-refractivity contribution in [2.45, 2.75) is 44.1 Å². The fourth-order valence-corrected chi connectivity index (χ4v) is 4.43. The first-order valence-corrected chi connectivity index (χ1v) is 8.96. The van der Waals surface area contributed by atoms with Crippen molar-refractivity contribution in [1.82, 2.24) is 10.2 Å². The van der Waals surface area contributed by atoms with E-state index in [4.69, 9.17) is 0 Å². The summed E-state index contributed by atoms with van der Waals surface area (Å²) in [5.41, 5.74) is 3.34. The van der Waals surface area contributed by atoms with E-state index in [-0.39, 0.29) is 11.3 Å². The van der Waals surface area contributed by atoms with Gasteiger partial charge in [0.15, 0.2) is 0 Å². The van der Waals surface area contributed by atoms with Crippen molar-refractivity contribution < 1.29 is 4.79 Å². The molecule has 0 bridgehead atoms. The number of hydrogen-bond donors (Lipinski definition) is 2. The summed E-state index contributed by atoms with van der Waals surface area (Å²) in [6, 6.07) is 7.07. The summed E-state index contributed by atoms with van der Waals surface area (Å²) in [5.74, 6) is 0.979. The van der Waals surface area contributed by atoms with Crippen LogP contribution >= 0.6 is 0 Å². The Hall–Kier alpha value is -1.39. The molecular formula is C19H27N3O. The lowest BCUT2D eigenvalue weighted by molar-refractivity contribution is -0.122. The molecule has 124 valence electrons. The number of fused-ring (bicyclic) bond motifs is 2. The van der Waals surface area contributed by atoms with Gasteiger partial charge in [-0.1, -0.05) is 19.1 Å². The fraction of sp³-hybridized carbons (Fsp3) is 0.632. The van der Waals surface area contributed by atoms with Gasteiger partial charge in [0.1, 0.15) is 0 Å². The second-order valence-electron chi connectivity index (χ2n) is 7.79. The maximum Gasteiger partial charge on any atom is 0.235 e. The zero-order valence-electron chi connectivity index (χ0n) is 14.2. The van der Waals surface area contributed by atoms with Crippen LogP contribution in [0.2, 0.25) is 0 Å². The van der Waals surface area contributed by atoms with Crippen LogP contribution in [0.5, 0.6) is 0 Å². The number of hydrogen-bond acceptors (Lipinski definition) is 3. The molecule has 3 aliphatic heterocycles. The van der Waals surface area contributed by atoms with Crippen LogP contribution in [0.25, 0.3) is 0 Å². The Balaban J connectivity index is 1.65. The SMILES string of the molecule is CC1CCC(c2ccc3c(c2)C2(CCN(C)CC2)C(=O)N3)NC1. The predicted molar refractivity (Wildman–Crippen MR) is 92.6 cm³/mol. The minimum absolute atomic E-state index is 0.211. The lowest BCUT2D eigenvalue weighted by Crippen LogP contribution is -2.45. The summed E-state index contributed by atoms with van der Waals surface area (Å²) in [4.78, 5) is 15.0. The minimum atomic E-state index is -0.292. The van der Waals surface area contributed by atoms with E-state index in [2.05, 4.69) is 47.7 Å². The van der Waals surface area contributed by atoms with Crippen molar-refractivity contribution >= 4 is 11.6 Å². The molecule has 4 nitrogen and oxygen atoms in total. The van der Waals surface area contributed by atoms with Crippen molar-refractivity contribution in [2.75, 3.05) is 32.0 Å². The molecule has 2 saturated heterocycles. The third kappa shape index (κ3) is 2.48. The van der Waals surface area contributed by atoms with E-state index in [1.807, 2.05) is 0 Å². The lowest BCUT2D eigenvalue weighted by Gasteiger charge is -2.36. The molecule has 0 aromatic heterocycles. The van der Waals surface area contributed by atoms with Gasteiger partial charge in [0.25, 0.3) is 0 Å². The number of nitrogens with zero attached hydrogens (tertiary/aromatic N) is 1. The Kier molecular flexibility index (Phi) is 3.69. The molecule has 3 heterocycles. The smallest absolute Gasteiger partial charge is 0.235 e. The molecule has 2 fully saturated rings. The zero-order chi connectivity index (χ0) is 16.0. The maximum absolute atomic E-state index is 12.7. The topological polar surface area (TPSA) is 44.4 Å². The Morgan fingerprint density at radius 3 is 2.70 bits per heavy atom. The van der Waals surface area contributed by atoms with E-state index in [0.29, 0.717) is 6.04 Å². The van der Waals surface area contributed by atoms with Gasteiger partial charge in [0, 0.05) is 11.7 Å². The monoisotopic (exact) mass is 313 g/mol. The zero-order valence-corrected chi connectivity index (χ0v) is 14.2. The van der Waals surface area contributed by atoms with Gasteiger partial charge in [-0.25, -0.2) is 0 Å². The molecule has 4 rings (SSSR count). The van der Waals surface area contributed by atoms with Crippen molar-refractivity contribution in [3.05, 3.63) is 29.3 Å². The van der Waals surface area contributed by atoms with Crippen molar-refractivity contribution in [2.24, 2.45) is 5.92 Å². The molecule has 2 N–H and O–H groups in total. The Labute approximate surface area is 138 Å². The van der Waals surface area contributed by atoms with E-state index in [9.17, 15) is 4.79 Å². The standard InChI is InChI=1S/C19H27N3O/c1-13-3-5-16(20-12-13)14-4-6-17-15(11-14)19(18(23)21-17)7-9-22(2)10-8-19/h4,6,11,13,16,20H,3,5,7-10,12H2,1-2H3,(H,21,23). The summed E-state index contributed by atoms with van der Waals surface area (Å²) >= 11 is 0. The predicted octanol–water partition coefficient (Wildman–Crippen LogP) is 2.66. The molecule has 0 aliphatic carbocycles. The number of amides is 1. The van der Waals surface area contributed by atoms with Crippen LogP contribution in [-0.4, -0.2) is 37.5 Å². The van der Waals surface area contributed by atoms with E-state index < -0.39 is 0 Å². The van der Waals surface area contributed by atoms with E-state index in [1.165, 1.54) is 24.0 Å². The molecular weight excluding hydrogens is 286 g/mol. The Bertz CT molecular complexity index is 611. The highest BCUT2D eigenvalue weighted by Gasteiger charge is 2.48. The molecule has 4 heteroatoms. The summed E-state index contributed by atoms with van der Waals surface area (Å²) in [5, 5.41) is 6.80. The van der Waals surface area contributed by atoms with Gasteiger partial charge >= 0.3 is 0 Å². The molecule has 1 aromatic rings. The van der Waals surface area contributed by atoms with Gasteiger partial charge < -0.3 is 15.5 Å². The average molecular weight is 313 g/mol. The van der Waals surface area contributed by atoms with Crippen LogP contribution in [-0.2, 0) is 10.2 Å². The van der Waals surface area contributed by atoms with Crippen LogP contribution in [0.1, 0.15) is 49.8 Å². The molecule has 2 atom stereocenters. The first-order valence-electron chi connectivity index (χ1n) is 8.96. The van der Waals surface area contributed by atoms with Gasteiger partial charge in [-0.2, -0.15) is 0 Å². The van der Waals surface area contributed by atoms with Crippen molar-refractivity contribution in [3.63, 3.8) is 0 Å². The van der Waals surface area contributed by atoms with Crippen molar-refractivity contribution in [1.29, 1.82) is 0 Å². The third-order valence-corrected chi connectivity index (χ3v) is 6.15. The lowest BCUT2D eigenvalue weighted by atomic mass is 9.73. The first kappa shape index (κ1) is 15.2. The highest BCUT2D eigenvalue weighted by atomic mass is 16.2. The molecule has 1 aromatic carbocycles. The van der Waals surface area contributed by atoms with Crippen LogP contribution < -0.4 is 10.6 Å². The second-order valence-corrected chi connectivity index (χ2v) is 7.79. The van der Waals surface area contributed by atoms with Gasteiger partial charge in [-0.05, 0) is 75.5 Å². The fourth-order valence-electron chi connectivity index (χ4n) is 4.43. The van der Waals surface area contributed by atoms with Crippen LogP contribution in [0.15, 0.2) is 18.2 Å². The van der Waals surface area contributed by atoms with E-state index in [0.717, 1.165) is 44.1 Å². The number of benzene rings is 1. The largest absolute Gasteiger partial charge is 0.325 e. The number of nitrogens with one attached hydrogen (secondary N) is 2. The molecule has 1 amide bonds. The average Bonchev–Trinajstić information content (AvgIpc) is 2.83. The van der Waals surface area contributed by atoms with Gasteiger partial charge in [-0.3, -0.25) is 4.79 Å². The highest BCUT2D eigenvalue weighted by Crippen LogP contribution is 2.45. The number of likely N-dealkylation sites (tertiary alicyclic amines) is 1. The summed E-state index contributed by atoms with van der Waals surface area (Å²) in [6.07, 6.45) is 4.33. The van der Waals surface area contributed by atoms with Crippen molar-refractivity contribution in [3.8, 4) is 0 Å².